The third kappa shape index (κ3) is 10.8. The van der Waals surface area contributed by atoms with E-state index in [1.807, 2.05) is 51.1 Å². The Balaban J connectivity index is 1.91. The lowest BCUT2D eigenvalue weighted by Crippen LogP contribution is -2.11. The predicted molar refractivity (Wildman–Crippen MR) is 114 cm³/mol. The topological polar surface area (TPSA) is 36.9 Å². The molecule has 0 atom stereocenters. The van der Waals surface area contributed by atoms with Crippen LogP contribution in [0.4, 0.5) is 0 Å². The van der Waals surface area contributed by atoms with Crippen LogP contribution in [-0.2, 0) is 14.2 Å². The van der Waals surface area contributed by atoms with Crippen LogP contribution in [0.15, 0.2) is 47.7 Å². The number of hydrogen-bond acceptors (Lipinski definition) is 4. The minimum absolute atomic E-state index is 0.549. The molecule has 0 amide bonds. The minimum Gasteiger partial charge on any atom is -0.493 e. The molecule has 0 radical (unpaired) electrons. The van der Waals surface area contributed by atoms with Gasteiger partial charge >= 0.3 is 0 Å². The zero-order valence-corrected chi connectivity index (χ0v) is 17.5. The fraction of sp³-hybridized carbons (Fsp3) is 0.500. The Hall–Kier alpha value is -2.22. The maximum atomic E-state index is 5.73. The highest BCUT2D eigenvalue weighted by Gasteiger charge is 2.00. The summed E-state index contributed by atoms with van der Waals surface area (Å²) >= 11 is 0. The normalized spacial score (nSPS) is 11.9. The van der Waals surface area contributed by atoms with Crippen LogP contribution in [0.2, 0.25) is 0 Å². The van der Waals surface area contributed by atoms with Gasteiger partial charge in [0.15, 0.2) is 0 Å². The van der Waals surface area contributed by atoms with Gasteiger partial charge in [0.2, 0.25) is 0 Å². The molecule has 4 heteroatoms. The van der Waals surface area contributed by atoms with Gasteiger partial charge in [0.1, 0.15) is 18.1 Å². The van der Waals surface area contributed by atoms with E-state index in [2.05, 4.69) is 5.92 Å². The maximum absolute atomic E-state index is 5.73. The van der Waals surface area contributed by atoms with Crippen molar-refractivity contribution in [2.24, 2.45) is 0 Å². The standard InChI is InChI=1S/C24H34O4/c1-5-12-23(21(3)6-2)27-16-11-7-10-15-25-17-18-26-19-20-28-24-14-9-8-13-22(24)4/h1,6,8-9,12-14H,7,10-11,15-20H2,2-4H3/b21-6-,23-12+. The summed E-state index contributed by atoms with van der Waals surface area (Å²) in [5, 5.41) is 0. The lowest BCUT2D eigenvalue weighted by molar-refractivity contribution is 0.0348. The number of para-hydroxylation sites is 1. The Bertz CT molecular complexity index is 640. The summed E-state index contributed by atoms with van der Waals surface area (Å²) < 4.78 is 22.5. The third-order valence-electron chi connectivity index (χ3n) is 4.18. The molecule has 28 heavy (non-hydrogen) atoms. The van der Waals surface area contributed by atoms with Crippen LogP contribution >= 0.6 is 0 Å². The van der Waals surface area contributed by atoms with Crippen molar-refractivity contribution >= 4 is 0 Å². The van der Waals surface area contributed by atoms with Crippen LogP contribution in [0.3, 0.4) is 0 Å². The second-order valence-corrected chi connectivity index (χ2v) is 6.39. The smallest absolute Gasteiger partial charge is 0.130 e. The first-order valence-electron chi connectivity index (χ1n) is 9.95. The van der Waals surface area contributed by atoms with Crippen LogP contribution < -0.4 is 4.74 Å². The Labute approximate surface area is 170 Å². The zero-order valence-electron chi connectivity index (χ0n) is 17.5. The molecular formula is C24H34O4. The average Bonchev–Trinajstić information content (AvgIpc) is 2.71. The molecule has 0 unspecified atom stereocenters. The van der Waals surface area contributed by atoms with E-state index in [-0.39, 0.29) is 0 Å². The molecule has 0 aliphatic heterocycles. The van der Waals surface area contributed by atoms with E-state index in [1.165, 1.54) is 0 Å². The van der Waals surface area contributed by atoms with Gasteiger partial charge in [0.25, 0.3) is 0 Å². The molecule has 0 fully saturated rings. The molecular weight excluding hydrogens is 352 g/mol. The second kappa shape index (κ2) is 15.8. The van der Waals surface area contributed by atoms with Gasteiger partial charge in [-0.1, -0.05) is 30.2 Å². The van der Waals surface area contributed by atoms with Crippen LogP contribution in [0.1, 0.15) is 38.7 Å². The van der Waals surface area contributed by atoms with E-state index in [9.17, 15) is 0 Å². The monoisotopic (exact) mass is 386 g/mol. The fourth-order valence-electron chi connectivity index (χ4n) is 2.40. The van der Waals surface area contributed by atoms with Crippen molar-refractivity contribution in [1.82, 2.24) is 0 Å². The largest absolute Gasteiger partial charge is 0.493 e. The summed E-state index contributed by atoms with van der Waals surface area (Å²) in [7, 11) is 0. The number of hydrogen-bond donors (Lipinski definition) is 0. The van der Waals surface area contributed by atoms with Crippen molar-refractivity contribution in [2.75, 3.05) is 39.6 Å². The first-order chi connectivity index (χ1) is 13.7. The first kappa shape index (κ1) is 23.8. The van der Waals surface area contributed by atoms with Crippen molar-refractivity contribution in [2.45, 2.75) is 40.0 Å². The second-order valence-electron chi connectivity index (χ2n) is 6.39. The number of allylic oxidation sites excluding steroid dienone is 3. The van der Waals surface area contributed by atoms with E-state index in [0.717, 1.165) is 48.5 Å². The molecule has 1 aromatic rings. The summed E-state index contributed by atoms with van der Waals surface area (Å²) in [6.07, 6.45) is 12.0. The molecule has 0 aliphatic carbocycles. The minimum atomic E-state index is 0.549. The molecule has 1 aromatic carbocycles. The highest BCUT2D eigenvalue weighted by Crippen LogP contribution is 2.15. The van der Waals surface area contributed by atoms with Crippen molar-refractivity contribution in [3.8, 4) is 18.1 Å². The lowest BCUT2D eigenvalue weighted by Gasteiger charge is -2.10. The summed E-state index contributed by atoms with van der Waals surface area (Å²) in [5.74, 6) is 4.21. The van der Waals surface area contributed by atoms with Crippen molar-refractivity contribution in [3.05, 3.63) is 53.3 Å². The Morgan fingerprint density at radius 1 is 0.964 bits per heavy atom. The molecule has 1 rings (SSSR count). The molecule has 0 heterocycles. The van der Waals surface area contributed by atoms with E-state index in [4.69, 9.17) is 25.4 Å². The van der Waals surface area contributed by atoms with Crippen molar-refractivity contribution in [3.63, 3.8) is 0 Å². The Morgan fingerprint density at radius 3 is 2.36 bits per heavy atom. The molecule has 0 N–H and O–H groups in total. The number of terminal acetylenes is 1. The predicted octanol–water partition coefficient (Wildman–Crippen LogP) is 5.08. The van der Waals surface area contributed by atoms with Gasteiger partial charge < -0.3 is 18.9 Å². The van der Waals surface area contributed by atoms with Crippen LogP contribution in [0, 0.1) is 19.3 Å². The first-order valence-corrected chi connectivity index (χ1v) is 9.95. The third-order valence-corrected chi connectivity index (χ3v) is 4.18. The van der Waals surface area contributed by atoms with E-state index >= 15 is 0 Å². The number of benzene rings is 1. The molecule has 0 spiro atoms. The van der Waals surface area contributed by atoms with Gasteiger partial charge in [-0.2, -0.15) is 0 Å². The maximum Gasteiger partial charge on any atom is 0.130 e. The quantitative estimate of drug-likeness (QED) is 0.182. The molecule has 0 bridgehead atoms. The zero-order chi connectivity index (χ0) is 20.5. The molecule has 0 saturated carbocycles. The van der Waals surface area contributed by atoms with Gasteiger partial charge in [-0.3, -0.25) is 0 Å². The average molecular weight is 387 g/mol. The van der Waals surface area contributed by atoms with Gasteiger partial charge in [-0.25, -0.2) is 0 Å². The summed E-state index contributed by atoms with van der Waals surface area (Å²) in [6, 6.07) is 7.98. The molecule has 0 saturated heterocycles. The van der Waals surface area contributed by atoms with Gasteiger partial charge in [0, 0.05) is 12.7 Å². The number of ether oxygens (including phenoxy) is 4. The number of unbranched alkanes of at least 4 members (excludes halogenated alkanes) is 2. The molecule has 0 aliphatic rings. The molecule has 4 nitrogen and oxygen atoms in total. The number of rotatable bonds is 15. The van der Waals surface area contributed by atoms with Gasteiger partial charge in [0.05, 0.1) is 26.4 Å². The summed E-state index contributed by atoms with van der Waals surface area (Å²) in [5.41, 5.74) is 2.20. The van der Waals surface area contributed by atoms with Gasteiger partial charge in [-0.15, -0.1) is 6.42 Å². The highest BCUT2D eigenvalue weighted by molar-refractivity contribution is 5.31. The van der Waals surface area contributed by atoms with Crippen LogP contribution in [-0.4, -0.2) is 39.6 Å². The summed E-state index contributed by atoms with van der Waals surface area (Å²) in [4.78, 5) is 0. The summed E-state index contributed by atoms with van der Waals surface area (Å²) in [6.45, 7) is 9.72. The van der Waals surface area contributed by atoms with Crippen LogP contribution in [0.5, 0.6) is 5.75 Å². The Kier molecular flexibility index (Phi) is 13.4. The van der Waals surface area contributed by atoms with Crippen LogP contribution in [0.25, 0.3) is 0 Å². The lowest BCUT2D eigenvalue weighted by atomic mass is 10.2. The molecule has 154 valence electrons. The highest BCUT2D eigenvalue weighted by atomic mass is 16.5. The number of aryl methyl sites for hydroxylation is 1. The fourth-order valence-corrected chi connectivity index (χ4v) is 2.40. The van der Waals surface area contributed by atoms with Crippen molar-refractivity contribution in [1.29, 1.82) is 0 Å². The van der Waals surface area contributed by atoms with E-state index in [0.29, 0.717) is 33.0 Å². The van der Waals surface area contributed by atoms with E-state index in [1.54, 1.807) is 6.08 Å². The molecule has 0 aromatic heterocycles. The SMILES string of the molecule is C#C/C=C(OCCCCCOCCOCCOc1ccccc1C)\C(C)=C/C. The van der Waals surface area contributed by atoms with E-state index < -0.39 is 0 Å². The Morgan fingerprint density at radius 2 is 1.64 bits per heavy atom. The van der Waals surface area contributed by atoms with Gasteiger partial charge in [-0.05, 0) is 57.2 Å². The van der Waals surface area contributed by atoms with Crippen molar-refractivity contribution < 1.29 is 18.9 Å².